The normalized spacial score (nSPS) is 9.93. The number of esters is 1. The van der Waals surface area contributed by atoms with Crippen LogP contribution in [0, 0.1) is 0 Å². The molecule has 0 saturated heterocycles. The van der Waals surface area contributed by atoms with Crippen molar-refractivity contribution >= 4 is 29.3 Å². The van der Waals surface area contributed by atoms with Crippen molar-refractivity contribution in [2.75, 3.05) is 12.9 Å². The summed E-state index contributed by atoms with van der Waals surface area (Å²) in [6, 6.07) is 0. The molecule has 76 valence electrons. The summed E-state index contributed by atoms with van der Waals surface area (Å²) >= 11 is 7.09. The van der Waals surface area contributed by atoms with Gasteiger partial charge in [-0.1, -0.05) is 23.4 Å². The molecule has 6 heteroatoms. The van der Waals surface area contributed by atoms with Gasteiger partial charge in [-0.25, -0.2) is 14.8 Å². The van der Waals surface area contributed by atoms with Crippen molar-refractivity contribution in [2.24, 2.45) is 0 Å². The maximum atomic E-state index is 11.3. The SMILES string of the molecule is CCOC(=O)c1nc(SC)ncc1Cl. The van der Waals surface area contributed by atoms with Crippen LogP contribution >= 0.6 is 23.4 Å². The average molecular weight is 233 g/mol. The third-order valence-electron chi connectivity index (χ3n) is 1.37. The van der Waals surface area contributed by atoms with Crippen LogP contribution in [0.25, 0.3) is 0 Å². The Hall–Kier alpha value is -0.810. The van der Waals surface area contributed by atoms with Crippen LogP contribution in [-0.4, -0.2) is 28.8 Å². The number of aromatic nitrogens is 2. The Morgan fingerprint density at radius 1 is 1.71 bits per heavy atom. The molecule has 0 aliphatic heterocycles. The molecule has 1 heterocycles. The molecule has 0 amide bonds. The van der Waals surface area contributed by atoms with Crippen molar-refractivity contribution in [1.29, 1.82) is 0 Å². The van der Waals surface area contributed by atoms with Gasteiger partial charge in [-0.2, -0.15) is 0 Å². The summed E-state index contributed by atoms with van der Waals surface area (Å²) in [7, 11) is 0. The van der Waals surface area contributed by atoms with E-state index in [1.54, 1.807) is 6.92 Å². The van der Waals surface area contributed by atoms with Crippen LogP contribution in [0.1, 0.15) is 17.4 Å². The topological polar surface area (TPSA) is 52.1 Å². The molecule has 0 unspecified atom stereocenters. The minimum atomic E-state index is -0.518. The van der Waals surface area contributed by atoms with Crippen LogP contribution in [0.2, 0.25) is 5.02 Å². The number of hydrogen-bond acceptors (Lipinski definition) is 5. The van der Waals surface area contributed by atoms with E-state index in [9.17, 15) is 4.79 Å². The highest BCUT2D eigenvalue weighted by atomic mass is 35.5. The van der Waals surface area contributed by atoms with Crippen LogP contribution in [0.3, 0.4) is 0 Å². The van der Waals surface area contributed by atoms with Crippen LogP contribution in [0.5, 0.6) is 0 Å². The molecule has 0 aromatic carbocycles. The summed E-state index contributed by atoms with van der Waals surface area (Å²) < 4.78 is 4.79. The highest BCUT2D eigenvalue weighted by Gasteiger charge is 2.14. The number of ether oxygens (including phenoxy) is 1. The highest BCUT2D eigenvalue weighted by Crippen LogP contribution is 2.17. The number of carbonyl (C=O) groups excluding carboxylic acids is 1. The number of halogens is 1. The van der Waals surface area contributed by atoms with Crippen molar-refractivity contribution in [3.05, 3.63) is 16.9 Å². The lowest BCUT2D eigenvalue weighted by molar-refractivity contribution is 0.0518. The van der Waals surface area contributed by atoms with Gasteiger partial charge in [-0.3, -0.25) is 0 Å². The van der Waals surface area contributed by atoms with Gasteiger partial charge in [0.15, 0.2) is 10.9 Å². The third-order valence-corrected chi connectivity index (χ3v) is 2.21. The Balaban J connectivity index is 2.99. The van der Waals surface area contributed by atoms with Gasteiger partial charge in [0.25, 0.3) is 0 Å². The van der Waals surface area contributed by atoms with Gasteiger partial charge in [-0.05, 0) is 13.2 Å². The largest absolute Gasteiger partial charge is 0.461 e. The lowest BCUT2D eigenvalue weighted by Gasteiger charge is -2.03. The van der Waals surface area contributed by atoms with E-state index in [2.05, 4.69) is 9.97 Å². The maximum Gasteiger partial charge on any atom is 0.358 e. The molecule has 0 atom stereocenters. The highest BCUT2D eigenvalue weighted by molar-refractivity contribution is 7.98. The van der Waals surface area contributed by atoms with Crippen molar-refractivity contribution in [3.8, 4) is 0 Å². The van der Waals surface area contributed by atoms with Crippen LogP contribution in [0.4, 0.5) is 0 Å². The first-order chi connectivity index (χ1) is 6.69. The fourth-order valence-electron chi connectivity index (χ4n) is 0.792. The lowest BCUT2D eigenvalue weighted by Crippen LogP contribution is -2.09. The summed E-state index contributed by atoms with van der Waals surface area (Å²) in [5.74, 6) is -0.518. The van der Waals surface area contributed by atoms with Gasteiger partial charge < -0.3 is 4.74 Å². The second kappa shape index (κ2) is 5.17. The van der Waals surface area contributed by atoms with Gasteiger partial charge in [0.05, 0.1) is 17.8 Å². The summed E-state index contributed by atoms with van der Waals surface area (Å²) in [5, 5.41) is 0.707. The molecule has 0 radical (unpaired) electrons. The minimum Gasteiger partial charge on any atom is -0.461 e. The fourth-order valence-corrected chi connectivity index (χ4v) is 1.30. The van der Waals surface area contributed by atoms with E-state index < -0.39 is 5.97 Å². The first-order valence-corrected chi connectivity index (χ1v) is 5.53. The van der Waals surface area contributed by atoms with Gasteiger partial charge in [-0.15, -0.1) is 0 Å². The first-order valence-electron chi connectivity index (χ1n) is 3.92. The fraction of sp³-hybridized carbons (Fsp3) is 0.375. The average Bonchev–Trinajstić information content (AvgIpc) is 2.19. The van der Waals surface area contributed by atoms with Crippen molar-refractivity contribution in [2.45, 2.75) is 12.1 Å². The van der Waals surface area contributed by atoms with E-state index in [0.717, 1.165) is 0 Å². The molecule has 0 aliphatic carbocycles. The van der Waals surface area contributed by atoms with E-state index in [1.807, 2.05) is 6.26 Å². The molecule has 1 aromatic heterocycles. The minimum absolute atomic E-state index is 0.118. The van der Waals surface area contributed by atoms with Crippen LogP contribution < -0.4 is 0 Å². The molecule has 0 fully saturated rings. The number of thioether (sulfide) groups is 1. The van der Waals surface area contributed by atoms with Gasteiger partial charge in [0.1, 0.15) is 0 Å². The lowest BCUT2D eigenvalue weighted by atomic mass is 10.4. The molecule has 0 N–H and O–H groups in total. The second-order valence-corrected chi connectivity index (χ2v) is 3.45. The molecule has 0 spiro atoms. The van der Waals surface area contributed by atoms with Gasteiger partial charge >= 0.3 is 5.97 Å². The molecule has 1 aromatic rings. The van der Waals surface area contributed by atoms with Crippen molar-refractivity contribution < 1.29 is 9.53 Å². The zero-order valence-electron chi connectivity index (χ0n) is 7.78. The molecule has 4 nitrogen and oxygen atoms in total. The maximum absolute atomic E-state index is 11.3. The molecule has 0 aliphatic rings. The Labute approximate surface area is 91.0 Å². The Morgan fingerprint density at radius 2 is 2.43 bits per heavy atom. The van der Waals surface area contributed by atoms with Crippen LogP contribution in [0.15, 0.2) is 11.4 Å². The smallest absolute Gasteiger partial charge is 0.358 e. The number of nitrogens with zero attached hydrogens (tertiary/aromatic N) is 2. The van der Waals surface area contributed by atoms with E-state index in [4.69, 9.17) is 16.3 Å². The van der Waals surface area contributed by atoms with E-state index in [1.165, 1.54) is 18.0 Å². The first kappa shape index (κ1) is 11.3. The quantitative estimate of drug-likeness (QED) is 0.454. The molecular weight excluding hydrogens is 224 g/mol. The molecule has 14 heavy (non-hydrogen) atoms. The zero-order chi connectivity index (χ0) is 10.6. The molecular formula is C8H9ClN2O2S. The predicted molar refractivity (Wildman–Crippen MR) is 54.8 cm³/mol. The number of rotatable bonds is 3. The monoisotopic (exact) mass is 232 g/mol. The van der Waals surface area contributed by atoms with Crippen LogP contribution in [-0.2, 0) is 4.74 Å². The second-order valence-electron chi connectivity index (χ2n) is 2.27. The zero-order valence-corrected chi connectivity index (χ0v) is 9.35. The van der Waals surface area contributed by atoms with Gasteiger partial charge in [0, 0.05) is 0 Å². The van der Waals surface area contributed by atoms with E-state index in [0.29, 0.717) is 11.8 Å². The molecule has 1 rings (SSSR count). The Morgan fingerprint density at radius 3 is 3.00 bits per heavy atom. The predicted octanol–water partition coefficient (Wildman–Crippen LogP) is 2.03. The van der Waals surface area contributed by atoms with Crippen molar-refractivity contribution in [3.63, 3.8) is 0 Å². The third kappa shape index (κ3) is 2.59. The summed E-state index contributed by atoms with van der Waals surface area (Å²) in [6.45, 7) is 2.02. The van der Waals surface area contributed by atoms with Gasteiger partial charge in [0.2, 0.25) is 0 Å². The Bertz CT molecular complexity index is 346. The van der Waals surface area contributed by atoms with E-state index >= 15 is 0 Å². The van der Waals surface area contributed by atoms with E-state index in [-0.39, 0.29) is 10.7 Å². The Kier molecular flexibility index (Phi) is 4.16. The summed E-state index contributed by atoms with van der Waals surface area (Å²) in [5.41, 5.74) is 0.118. The summed E-state index contributed by atoms with van der Waals surface area (Å²) in [4.78, 5) is 19.2. The number of carbonyl (C=O) groups is 1. The number of hydrogen-bond donors (Lipinski definition) is 0. The van der Waals surface area contributed by atoms with Crippen molar-refractivity contribution in [1.82, 2.24) is 9.97 Å². The molecule has 0 bridgehead atoms. The summed E-state index contributed by atoms with van der Waals surface area (Å²) in [6.07, 6.45) is 3.21. The molecule has 0 saturated carbocycles. The standard InChI is InChI=1S/C8H9ClN2O2S/c1-3-13-7(12)6-5(9)4-10-8(11-6)14-2/h4H,3H2,1-2H3.